The Bertz CT molecular complexity index is 1220. The number of aromatic amines is 1. The summed E-state index contributed by atoms with van der Waals surface area (Å²) in [6.07, 6.45) is 7.31. The standard InChI is InChI=1S/C27H29FN4O/c28-23-7-6-21-15-25(30-24(21)16-23)26(33)31-27(9-2-1-3-10-27)11-13-32-12-8-20-14-19(17-29)4-5-22(20)18-32/h4-7,14-16,30H,1-3,8-13,18H2,(H,31,33). The number of halogens is 1. The van der Waals surface area contributed by atoms with E-state index in [2.05, 4.69) is 27.3 Å². The molecule has 2 heterocycles. The average molecular weight is 445 g/mol. The number of nitriles is 1. The smallest absolute Gasteiger partial charge is 0.268 e. The summed E-state index contributed by atoms with van der Waals surface area (Å²) in [5.74, 6) is -0.423. The van der Waals surface area contributed by atoms with Crippen molar-refractivity contribution in [1.82, 2.24) is 15.2 Å². The average Bonchev–Trinajstić information content (AvgIpc) is 3.26. The van der Waals surface area contributed by atoms with Gasteiger partial charge in [0.1, 0.15) is 11.5 Å². The Balaban J connectivity index is 1.27. The number of hydrogen-bond acceptors (Lipinski definition) is 3. The van der Waals surface area contributed by atoms with Crippen LogP contribution in [-0.4, -0.2) is 34.4 Å². The molecule has 0 unspecified atom stereocenters. The summed E-state index contributed by atoms with van der Waals surface area (Å²) in [6.45, 7) is 2.79. The molecule has 0 bridgehead atoms. The van der Waals surface area contributed by atoms with Crippen LogP contribution in [-0.2, 0) is 13.0 Å². The van der Waals surface area contributed by atoms with Crippen LogP contribution in [0.2, 0.25) is 0 Å². The molecule has 0 atom stereocenters. The molecule has 1 aromatic heterocycles. The van der Waals surface area contributed by atoms with Crippen molar-refractivity contribution >= 4 is 16.8 Å². The van der Waals surface area contributed by atoms with Gasteiger partial charge in [0, 0.05) is 36.1 Å². The molecule has 0 spiro atoms. The lowest BCUT2D eigenvalue weighted by atomic mass is 9.79. The van der Waals surface area contributed by atoms with Gasteiger partial charge in [-0.3, -0.25) is 9.69 Å². The lowest BCUT2D eigenvalue weighted by molar-refractivity contribution is 0.0836. The van der Waals surface area contributed by atoms with Crippen molar-refractivity contribution in [1.29, 1.82) is 5.26 Å². The molecule has 6 heteroatoms. The van der Waals surface area contributed by atoms with E-state index < -0.39 is 0 Å². The van der Waals surface area contributed by atoms with Crippen LogP contribution in [0.1, 0.15) is 65.7 Å². The van der Waals surface area contributed by atoms with Gasteiger partial charge in [-0.1, -0.05) is 25.3 Å². The van der Waals surface area contributed by atoms with E-state index in [1.165, 1.54) is 29.7 Å². The first kappa shape index (κ1) is 21.7. The Morgan fingerprint density at radius 2 is 1.97 bits per heavy atom. The molecule has 1 aliphatic carbocycles. The van der Waals surface area contributed by atoms with Crippen LogP contribution in [0.15, 0.2) is 42.5 Å². The molecule has 1 fully saturated rings. The quantitative estimate of drug-likeness (QED) is 0.578. The highest BCUT2D eigenvalue weighted by molar-refractivity contribution is 5.98. The van der Waals surface area contributed by atoms with Gasteiger partial charge >= 0.3 is 0 Å². The number of rotatable bonds is 5. The van der Waals surface area contributed by atoms with E-state index >= 15 is 0 Å². The third-order valence-corrected chi connectivity index (χ3v) is 7.35. The van der Waals surface area contributed by atoms with Crippen LogP contribution < -0.4 is 5.32 Å². The second kappa shape index (κ2) is 8.99. The summed E-state index contributed by atoms with van der Waals surface area (Å²) in [5, 5.41) is 13.4. The first-order chi connectivity index (χ1) is 16.0. The minimum atomic E-state index is -0.313. The second-order valence-electron chi connectivity index (χ2n) is 9.58. The third kappa shape index (κ3) is 4.65. The van der Waals surface area contributed by atoms with E-state index in [4.69, 9.17) is 5.26 Å². The Kier molecular flexibility index (Phi) is 5.90. The zero-order chi connectivity index (χ0) is 22.8. The summed E-state index contributed by atoms with van der Waals surface area (Å²) in [4.78, 5) is 18.7. The summed E-state index contributed by atoms with van der Waals surface area (Å²) in [7, 11) is 0. The van der Waals surface area contributed by atoms with Crippen molar-refractivity contribution in [2.45, 2.75) is 57.0 Å². The van der Waals surface area contributed by atoms with Crippen LogP contribution in [0.5, 0.6) is 0 Å². The molecule has 0 saturated heterocycles. The molecule has 2 aromatic carbocycles. The lowest BCUT2D eigenvalue weighted by Gasteiger charge is -2.40. The Labute approximate surface area is 193 Å². The molecule has 170 valence electrons. The van der Waals surface area contributed by atoms with Gasteiger partial charge in [-0.2, -0.15) is 5.26 Å². The topological polar surface area (TPSA) is 71.9 Å². The van der Waals surface area contributed by atoms with E-state index in [9.17, 15) is 9.18 Å². The summed E-state index contributed by atoms with van der Waals surface area (Å²) >= 11 is 0. The monoisotopic (exact) mass is 444 g/mol. The fourth-order valence-electron chi connectivity index (χ4n) is 5.44. The number of benzene rings is 2. The molecule has 5 nitrogen and oxygen atoms in total. The molecule has 2 N–H and O–H groups in total. The van der Waals surface area contributed by atoms with Gasteiger partial charge in [-0.25, -0.2) is 4.39 Å². The number of hydrogen-bond donors (Lipinski definition) is 2. The van der Waals surface area contributed by atoms with Crippen molar-refractivity contribution in [2.75, 3.05) is 13.1 Å². The summed E-state index contributed by atoms with van der Waals surface area (Å²) in [5.41, 5.74) is 4.23. The molecule has 1 saturated carbocycles. The maximum absolute atomic E-state index is 13.5. The first-order valence-electron chi connectivity index (χ1n) is 11.9. The number of nitrogens with one attached hydrogen (secondary N) is 2. The molecular formula is C27H29FN4O. The molecule has 1 aliphatic heterocycles. The normalized spacial score (nSPS) is 17.9. The minimum Gasteiger partial charge on any atom is -0.350 e. The van der Waals surface area contributed by atoms with Gasteiger partial charge in [-0.15, -0.1) is 0 Å². The first-order valence-corrected chi connectivity index (χ1v) is 11.9. The molecule has 5 rings (SSSR count). The van der Waals surface area contributed by atoms with E-state index in [0.717, 1.165) is 69.1 Å². The van der Waals surface area contributed by atoms with Gasteiger partial charge in [0.15, 0.2) is 0 Å². The number of aromatic nitrogens is 1. The Hall–Kier alpha value is -3.17. The van der Waals surface area contributed by atoms with Crippen molar-refractivity contribution in [2.24, 2.45) is 0 Å². The van der Waals surface area contributed by atoms with Crippen molar-refractivity contribution < 1.29 is 9.18 Å². The van der Waals surface area contributed by atoms with E-state index in [-0.39, 0.29) is 17.3 Å². The zero-order valence-electron chi connectivity index (χ0n) is 18.8. The van der Waals surface area contributed by atoms with Gasteiger partial charge in [0.25, 0.3) is 5.91 Å². The number of nitrogens with zero attached hydrogens (tertiary/aromatic N) is 2. The van der Waals surface area contributed by atoms with Crippen LogP contribution in [0.3, 0.4) is 0 Å². The minimum absolute atomic E-state index is 0.110. The molecule has 3 aromatic rings. The van der Waals surface area contributed by atoms with Crippen LogP contribution in [0.4, 0.5) is 4.39 Å². The Morgan fingerprint density at radius 1 is 1.12 bits per heavy atom. The molecular weight excluding hydrogens is 415 g/mol. The number of carbonyl (C=O) groups is 1. The SMILES string of the molecule is N#Cc1ccc2c(c1)CCN(CCC1(NC(=O)c3cc4ccc(F)cc4[nH]3)CCCCC1)C2. The van der Waals surface area contributed by atoms with Crippen LogP contribution in [0.25, 0.3) is 10.9 Å². The second-order valence-corrected chi connectivity index (χ2v) is 9.58. The van der Waals surface area contributed by atoms with Crippen molar-refractivity contribution in [3.05, 3.63) is 70.7 Å². The third-order valence-electron chi connectivity index (χ3n) is 7.35. The highest BCUT2D eigenvalue weighted by Gasteiger charge is 2.34. The van der Waals surface area contributed by atoms with E-state index in [1.54, 1.807) is 12.1 Å². The summed E-state index contributed by atoms with van der Waals surface area (Å²) < 4.78 is 13.5. The van der Waals surface area contributed by atoms with Gasteiger partial charge in [0.2, 0.25) is 0 Å². The van der Waals surface area contributed by atoms with Crippen LogP contribution >= 0.6 is 0 Å². The van der Waals surface area contributed by atoms with Gasteiger partial charge < -0.3 is 10.3 Å². The number of fused-ring (bicyclic) bond motifs is 2. The fourth-order valence-corrected chi connectivity index (χ4v) is 5.44. The van der Waals surface area contributed by atoms with Gasteiger partial charge in [-0.05, 0) is 73.2 Å². The van der Waals surface area contributed by atoms with E-state index in [0.29, 0.717) is 11.2 Å². The van der Waals surface area contributed by atoms with E-state index in [1.807, 2.05) is 12.1 Å². The Morgan fingerprint density at radius 3 is 2.79 bits per heavy atom. The van der Waals surface area contributed by atoms with Crippen molar-refractivity contribution in [3.8, 4) is 6.07 Å². The lowest BCUT2D eigenvalue weighted by Crippen LogP contribution is -2.51. The number of carbonyl (C=O) groups excluding carboxylic acids is 1. The highest BCUT2D eigenvalue weighted by atomic mass is 19.1. The number of H-pyrrole nitrogens is 1. The maximum Gasteiger partial charge on any atom is 0.268 e. The van der Waals surface area contributed by atoms with Gasteiger partial charge in [0.05, 0.1) is 11.6 Å². The van der Waals surface area contributed by atoms with Crippen LogP contribution in [0, 0.1) is 17.1 Å². The summed E-state index contributed by atoms with van der Waals surface area (Å²) in [6, 6.07) is 14.6. The highest BCUT2D eigenvalue weighted by Crippen LogP contribution is 2.33. The molecule has 0 radical (unpaired) electrons. The maximum atomic E-state index is 13.5. The molecule has 1 amide bonds. The van der Waals surface area contributed by atoms with Crippen molar-refractivity contribution in [3.63, 3.8) is 0 Å². The fraction of sp³-hybridized carbons (Fsp3) is 0.407. The predicted octanol–water partition coefficient (Wildman–Crippen LogP) is 5.06. The number of amides is 1. The zero-order valence-corrected chi connectivity index (χ0v) is 18.8. The predicted molar refractivity (Wildman–Crippen MR) is 126 cm³/mol. The molecule has 33 heavy (non-hydrogen) atoms. The largest absolute Gasteiger partial charge is 0.350 e. The molecule has 2 aliphatic rings.